The number of benzene rings is 2. The van der Waals surface area contributed by atoms with Gasteiger partial charge in [-0.3, -0.25) is 4.79 Å². The summed E-state index contributed by atoms with van der Waals surface area (Å²) in [6.45, 7) is 1.51. The molecule has 1 aliphatic carbocycles. The van der Waals surface area contributed by atoms with Crippen LogP contribution in [0.1, 0.15) is 32.1 Å². The average Bonchev–Trinajstić information content (AvgIpc) is 2.99. The predicted octanol–water partition coefficient (Wildman–Crippen LogP) is 3.37. The van der Waals surface area contributed by atoms with E-state index in [2.05, 4.69) is 6.07 Å². The van der Waals surface area contributed by atoms with Gasteiger partial charge in [0.1, 0.15) is 5.75 Å². The zero-order chi connectivity index (χ0) is 17.3. The minimum atomic E-state index is -0.260. The third-order valence-corrected chi connectivity index (χ3v) is 5.90. The molecule has 1 saturated carbocycles. The molecule has 1 amide bonds. The van der Waals surface area contributed by atoms with Crippen LogP contribution in [0.2, 0.25) is 0 Å². The Morgan fingerprint density at radius 3 is 2.76 bits per heavy atom. The summed E-state index contributed by atoms with van der Waals surface area (Å²) in [5.74, 6) is 0.742. The zero-order valence-electron chi connectivity index (χ0n) is 14.5. The van der Waals surface area contributed by atoms with E-state index in [1.165, 1.54) is 0 Å². The first-order valence-corrected chi connectivity index (χ1v) is 9.24. The number of hydrogen-bond donors (Lipinski definition) is 1. The van der Waals surface area contributed by atoms with Crippen LogP contribution in [-0.4, -0.2) is 41.7 Å². The Morgan fingerprint density at radius 2 is 1.96 bits per heavy atom. The monoisotopic (exact) mass is 339 g/mol. The lowest BCUT2D eigenvalue weighted by atomic mass is 9.76. The number of aliphatic hydroxyl groups excluding tert-OH is 1. The lowest BCUT2D eigenvalue weighted by Gasteiger charge is -2.42. The van der Waals surface area contributed by atoms with E-state index < -0.39 is 0 Å². The summed E-state index contributed by atoms with van der Waals surface area (Å²) in [4.78, 5) is 14.5. The average molecular weight is 339 g/mol. The standard InChI is InChI=1S/C21H25NO3/c23-19-7-3-10-21(19)11-4-12-22(15-21)20(24)14-25-18-9-8-16-5-1-2-6-17(16)13-18/h1-2,5-6,8-9,13,19,23H,3-4,7,10-12,14-15H2/t19-,21+/m1/s1. The van der Waals surface area contributed by atoms with Crippen LogP contribution in [-0.2, 0) is 4.79 Å². The van der Waals surface area contributed by atoms with Gasteiger partial charge in [0.15, 0.2) is 6.61 Å². The van der Waals surface area contributed by atoms with E-state index in [1.807, 2.05) is 41.3 Å². The van der Waals surface area contributed by atoms with Crippen LogP contribution in [0.4, 0.5) is 0 Å². The minimum absolute atomic E-state index is 0.0198. The first kappa shape index (κ1) is 16.4. The number of piperidine rings is 1. The second-order valence-electron chi connectivity index (χ2n) is 7.49. The second kappa shape index (κ2) is 6.68. The normalized spacial score (nSPS) is 26.3. The Balaban J connectivity index is 1.39. The fraction of sp³-hybridized carbons (Fsp3) is 0.476. The number of carbonyl (C=O) groups is 1. The summed E-state index contributed by atoms with van der Waals surface area (Å²) in [5, 5.41) is 12.6. The second-order valence-corrected chi connectivity index (χ2v) is 7.49. The first-order chi connectivity index (χ1) is 12.2. The smallest absolute Gasteiger partial charge is 0.260 e. The van der Waals surface area contributed by atoms with E-state index in [0.29, 0.717) is 6.54 Å². The number of amides is 1. The Labute approximate surface area is 148 Å². The molecule has 2 atom stereocenters. The van der Waals surface area contributed by atoms with Gasteiger partial charge in [0.25, 0.3) is 5.91 Å². The van der Waals surface area contributed by atoms with E-state index in [0.717, 1.165) is 55.2 Å². The summed E-state index contributed by atoms with van der Waals surface area (Å²) in [6.07, 6.45) is 4.71. The molecule has 1 spiro atoms. The van der Waals surface area contributed by atoms with Crippen molar-refractivity contribution in [3.63, 3.8) is 0 Å². The third-order valence-electron chi connectivity index (χ3n) is 5.90. The number of likely N-dealkylation sites (tertiary alicyclic amines) is 1. The van der Waals surface area contributed by atoms with Gasteiger partial charge in [-0.25, -0.2) is 0 Å². The molecule has 2 aromatic rings. The molecular weight excluding hydrogens is 314 g/mol. The molecule has 132 valence electrons. The molecule has 1 N–H and O–H groups in total. The van der Waals surface area contributed by atoms with Crippen LogP contribution >= 0.6 is 0 Å². The molecule has 4 heteroatoms. The lowest BCUT2D eigenvalue weighted by Crippen LogP contribution is -2.50. The van der Waals surface area contributed by atoms with Gasteiger partial charge in [0.2, 0.25) is 0 Å². The van der Waals surface area contributed by atoms with Gasteiger partial charge in [-0.2, -0.15) is 0 Å². The molecular formula is C21H25NO3. The summed E-state index contributed by atoms with van der Waals surface area (Å²) in [7, 11) is 0. The van der Waals surface area contributed by atoms with Crippen LogP contribution in [0.5, 0.6) is 5.75 Å². The third kappa shape index (κ3) is 3.23. The molecule has 25 heavy (non-hydrogen) atoms. The molecule has 4 nitrogen and oxygen atoms in total. The van der Waals surface area contributed by atoms with Gasteiger partial charge in [-0.05, 0) is 48.6 Å². The van der Waals surface area contributed by atoms with Gasteiger partial charge in [-0.1, -0.05) is 36.8 Å². The zero-order valence-corrected chi connectivity index (χ0v) is 14.5. The van der Waals surface area contributed by atoms with Crippen molar-refractivity contribution in [2.45, 2.75) is 38.2 Å². The van der Waals surface area contributed by atoms with Crippen molar-refractivity contribution in [2.75, 3.05) is 19.7 Å². The fourth-order valence-corrected chi connectivity index (χ4v) is 4.46. The van der Waals surface area contributed by atoms with Crippen molar-refractivity contribution >= 4 is 16.7 Å². The number of rotatable bonds is 3. The van der Waals surface area contributed by atoms with Crippen molar-refractivity contribution in [3.8, 4) is 5.75 Å². The topological polar surface area (TPSA) is 49.8 Å². The van der Waals surface area contributed by atoms with Gasteiger partial charge in [0.05, 0.1) is 6.10 Å². The van der Waals surface area contributed by atoms with Crippen molar-refractivity contribution in [1.82, 2.24) is 4.90 Å². The van der Waals surface area contributed by atoms with Crippen molar-refractivity contribution in [1.29, 1.82) is 0 Å². The summed E-state index contributed by atoms with van der Waals surface area (Å²) < 4.78 is 5.75. The molecule has 1 saturated heterocycles. The van der Waals surface area contributed by atoms with Crippen LogP contribution < -0.4 is 4.74 Å². The predicted molar refractivity (Wildman–Crippen MR) is 97.5 cm³/mol. The van der Waals surface area contributed by atoms with E-state index in [4.69, 9.17) is 4.74 Å². The molecule has 4 rings (SSSR count). The Bertz CT molecular complexity index is 775. The summed E-state index contributed by atoms with van der Waals surface area (Å²) in [5.41, 5.74) is -0.0726. The molecule has 2 aromatic carbocycles. The van der Waals surface area contributed by atoms with Gasteiger partial charge in [0, 0.05) is 18.5 Å². The molecule has 0 bridgehead atoms. The number of aliphatic hydroxyl groups is 1. The highest BCUT2D eigenvalue weighted by Gasteiger charge is 2.45. The van der Waals surface area contributed by atoms with Crippen LogP contribution in [0.15, 0.2) is 42.5 Å². The molecule has 2 fully saturated rings. The highest BCUT2D eigenvalue weighted by Crippen LogP contribution is 2.45. The number of hydrogen-bond acceptors (Lipinski definition) is 3. The quantitative estimate of drug-likeness (QED) is 0.933. The van der Waals surface area contributed by atoms with Crippen LogP contribution in [0, 0.1) is 5.41 Å². The van der Waals surface area contributed by atoms with E-state index in [9.17, 15) is 9.90 Å². The van der Waals surface area contributed by atoms with Crippen molar-refractivity contribution < 1.29 is 14.6 Å². The molecule has 2 aliphatic rings. The Morgan fingerprint density at radius 1 is 1.16 bits per heavy atom. The van der Waals surface area contributed by atoms with Crippen LogP contribution in [0.25, 0.3) is 10.8 Å². The summed E-state index contributed by atoms with van der Waals surface area (Å²) in [6, 6.07) is 14.0. The maximum atomic E-state index is 12.6. The first-order valence-electron chi connectivity index (χ1n) is 9.24. The molecule has 1 aliphatic heterocycles. The molecule has 1 heterocycles. The maximum Gasteiger partial charge on any atom is 0.260 e. The van der Waals surface area contributed by atoms with Crippen molar-refractivity contribution in [2.24, 2.45) is 5.41 Å². The highest BCUT2D eigenvalue weighted by atomic mass is 16.5. The summed E-state index contributed by atoms with van der Waals surface area (Å²) >= 11 is 0. The van der Waals surface area contributed by atoms with E-state index >= 15 is 0 Å². The van der Waals surface area contributed by atoms with Crippen LogP contribution in [0.3, 0.4) is 0 Å². The largest absolute Gasteiger partial charge is 0.484 e. The van der Waals surface area contributed by atoms with Gasteiger partial charge in [-0.15, -0.1) is 0 Å². The van der Waals surface area contributed by atoms with E-state index in [-0.39, 0.29) is 24.0 Å². The fourth-order valence-electron chi connectivity index (χ4n) is 4.46. The lowest BCUT2D eigenvalue weighted by molar-refractivity contribution is -0.138. The highest BCUT2D eigenvalue weighted by molar-refractivity contribution is 5.84. The van der Waals surface area contributed by atoms with E-state index in [1.54, 1.807) is 0 Å². The number of ether oxygens (including phenoxy) is 1. The van der Waals surface area contributed by atoms with Gasteiger partial charge < -0.3 is 14.7 Å². The minimum Gasteiger partial charge on any atom is -0.484 e. The number of nitrogens with zero attached hydrogens (tertiary/aromatic N) is 1. The van der Waals surface area contributed by atoms with Crippen molar-refractivity contribution in [3.05, 3.63) is 42.5 Å². The van der Waals surface area contributed by atoms with Gasteiger partial charge >= 0.3 is 0 Å². The molecule has 0 radical (unpaired) electrons. The number of fused-ring (bicyclic) bond motifs is 1. The molecule has 0 aromatic heterocycles. The molecule has 0 unspecified atom stereocenters. The Kier molecular flexibility index (Phi) is 4.38. The Hall–Kier alpha value is -2.07. The number of carbonyl (C=O) groups excluding carboxylic acids is 1. The SMILES string of the molecule is O=C(COc1ccc2ccccc2c1)N1CCC[C@@]2(CCC[C@H]2O)C1. The maximum absolute atomic E-state index is 12.6.